The number of benzene rings is 1. The van der Waals surface area contributed by atoms with E-state index in [-0.39, 0.29) is 23.3 Å². The van der Waals surface area contributed by atoms with E-state index in [1.54, 1.807) is 0 Å². The minimum Gasteiger partial charge on any atom is -0.351 e. The molecule has 0 saturated carbocycles. The van der Waals surface area contributed by atoms with Gasteiger partial charge in [-0.3, -0.25) is 9.59 Å². The second-order valence-corrected chi connectivity index (χ2v) is 5.23. The van der Waals surface area contributed by atoms with Gasteiger partial charge in [-0.1, -0.05) is 11.6 Å². The van der Waals surface area contributed by atoms with E-state index in [1.165, 1.54) is 17.0 Å². The number of primary amides is 1. The normalized spacial score (nSPS) is 17.2. The van der Waals surface area contributed by atoms with Crippen molar-refractivity contribution in [2.45, 2.75) is 12.5 Å². The van der Waals surface area contributed by atoms with Gasteiger partial charge in [-0.25, -0.2) is 9.18 Å². The van der Waals surface area contributed by atoms with Gasteiger partial charge in [-0.15, -0.1) is 0 Å². The SMILES string of the molecule is NC(=O)N1CCC(NC(=O)C(=O)Nc2ccc(Cl)c(F)c2)C1. The summed E-state index contributed by atoms with van der Waals surface area (Å²) in [4.78, 5) is 35.8. The summed E-state index contributed by atoms with van der Waals surface area (Å²) in [5, 5.41) is 4.67. The summed E-state index contributed by atoms with van der Waals surface area (Å²) in [5.74, 6) is -2.50. The Bertz CT molecular complexity index is 625. The largest absolute Gasteiger partial charge is 0.351 e. The van der Waals surface area contributed by atoms with Crippen LogP contribution in [0.1, 0.15) is 6.42 Å². The topological polar surface area (TPSA) is 105 Å². The molecule has 1 heterocycles. The summed E-state index contributed by atoms with van der Waals surface area (Å²) in [6.07, 6.45) is 0.511. The molecule has 0 spiro atoms. The number of anilines is 1. The van der Waals surface area contributed by atoms with E-state index < -0.39 is 23.7 Å². The fourth-order valence-corrected chi connectivity index (χ4v) is 2.21. The number of likely N-dealkylation sites (tertiary alicyclic amines) is 1. The van der Waals surface area contributed by atoms with Crippen LogP contribution in [0.15, 0.2) is 18.2 Å². The smallest absolute Gasteiger partial charge is 0.314 e. The van der Waals surface area contributed by atoms with E-state index in [0.717, 1.165) is 6.07 Å². The Morgan fingerprint density at radius 3 is 2.64 bits per heavy atom. The molecular weight excluding hydrogens is 315 g/mol. The number of rotatable bonds is 2. The van der Waals surface area contributed by atoms with Crippen LogP contribution >= 0.6 is 11.6 Å². The number of amides is 4. The zero-order valence-electron chi connectivity index (χ0n) is 11.4. The first-order valence-electron chi connectivity index (χ1n) is 6.48. The lowest BCUT2D eigenvalue weighted by Gasteiger charge is -2.14. The van der Waals surface area contributed by atoms with Gasteiger partial charge in [0.2, 0.25) is 0 Å². The van der Waals surface area contributed by atoms with E-state index in [4.69, 9.17) is 17.3 Å². The average Bonchev–Trinajstić information content (AvgIpc) is 2.91. The summed E-state index contributed by atoms with van der Waals surface area (Å²) in [7, 11) is 0. The highest BCUT2D eigenvalue weighted by Gasteiger charge is 2.27. The van der Waals surface area contributed by atoms with Gasteiger partial charge in [-0.05, 0) is 24.6 Å². The van der Waals surface area contributed by atoms with Crippen molar-refractivity contribution in [1.29, 1.82) is 0 Å². The second kappa shape index (κ2) is 6.61. The third-order valence-electron chi connectivity index (χ3n) is 3.22. The van der Waals surface area contributed by atoms with Gasteiger partial charge in [0.25, 0.3) is 0 Å². The number of halogens is 2. The summed E-state index contributed by atoms with van der Waals surface area (Å²) < 4.78 is 13.2. The van der Waals surface area contributed by atoms with Crippen LogP contribution in [0.25, 0.3) is 0 Å². The molecule has 7 nitrogen and oxygen atoms in total. The first-order valence-corrected chi connectivity index (χ1v) is 6.86. The van der Waals surface area contributed by atoms with Crippen molar-refractivity contribution >= 4 is 35.1 Å². The third kappa shape index (κ3) is 3.85. The molecule has 4 N–H and O–H groups in total. The maximum atomic E-state index is 13.2. The maximum absolute atomic E-state index is 13.2. The van der Waals surface area contributed by atoms with E-state index >= 15 is 0 Å². The predicted molar refractivity (Wildman–Crippen MR) is 77.7 cm³/mol. The zero-order valence-corrected chi connectivity index (χ0v) is 12.2. The molecule has 22 heavy (non-hydrogen) atoms. The number of nitrogens with one attached hydrogen (secondary N) is 2. The molecular formula is C13H14ClFN4O3. The molecule has 1 unspecified atom stereocenters. The van der Waals surface area contributed by atoms with Gasteiger partial charge < -0.3 is 21.3 Å². The first-order chi connectivity index (χ1) is 10.4. The van der Waals surface area contributed by atoms with Crippen LogP contribution in [0, 0.1) is 5.82 Å². The monoisotopic (exact) mass is 328 g/mol. The number of hydrogen-bond donors (Lipinski definition) is 3. The molecule has 0 aromatic heterocycles. The Hall–Kier alpha value is -2.35. The highest BCUT2D eigenvalue weighted by molar-refractivity contribution is 6.39. The molecule has 9 heteroatoms. The molecule has 1 fully saturated rings. The molecule has 1 aromatic carbocycles. The number of carbonyl (C=O) groups is 3. The summed E-state index contributed by atoms with van der Waals surface area (Å²) in [5.41, 5.74) is 5.25. The lowest BCUT2D eigenvalue weighted by atomic mass is 10.2. The molecule has 1 aromatic rings. The fourth-order valence-electron chi connectivity index (χ4n) is 2.09. The van der Waals surface area contributed by atoms with Crippen molar-refractivity contribution in [3.05, 3.63) is 29.0 Å². The Balaban J connectivity index is 1.88. The van der Waals surface area contributed by atoms with Crippen LogP contribution < -0.4 is 16.4 Å². The van der Waals surface area contributed by atoms with Gasteiger partial charge in [0.05, 0.1) is 5.02 Å². The van der Waals surface area contributed by atoms with Crippen LogP contribution in [0.4, 0.5) is 14.9 Å². The molecule has 1 saturated heterocycles. The Kier molecular flexibility index (Phi) is 4.81. The summed E-state index contributed by atoms with van der Waals surface area (Å²) in [6, 6.07) is 2.75. The molecule has 1 aliphatic heterocycles. The quantitative estimate of drug-likeness (QED) is 0.695. The highest BCUT2D eigenvalue weighted by Crippen LogP contribution is 2.18. The van der Waals surface area contributed by atoms with E-state index in [0.29, 0.717) is 13.0 Å². The zero-order chi connectivity index (χ0) is 16.3. The number of nitrogens with two attached hydrogens (primary N) is 1. The van der Waals surface area contributed by atoms with Crippen LogP contribution in [-0.2, 0) is 9.59 Å². The number of urea groups is 1. The Morgan fingerprint density at radius 1 is 1.32 bits per heavy atom. The lowest BCUT2D eigenvalue weighted by Crippen LogP contribution is -2.44. The van der Waals surface area contributed by atoms with Crippen molar-refractivity contribution in [3.8, 4) is 0 Å². The molecule has 0 bridgehead atoms. The number of hydrogen-bond acceptors (Lipinski definition) is 3. The van der Waals surface area contributed by atoms with Crippen molar-refractivity contribution in [2.75, 3.05) is 18.4 Å². The first kappa shape index (κ1) is 16.0. The van der Waals surface area contributed by atoms with Crippen LogP contribution in [0.2, 0.25) is 5.02 Å². The van der Waals surface area contributed by atoms with E-state index in [2.05, 4.69) is 10.6 Å². The van der Waals surface area contributed by atoms with Gasteiger partial charge in [0, 0.05) is 24.8 Å². The van der Waals surface area contributed by atoms with Crippen molar-refractivity contribution in [2.24, 2.45) is 5.73 Å². The fraction of sp³-hybridized carbons (Fsp3) is 0.308. The standard InChI is InChI=1S/C13H14ClFN4O3/c14-9-2-1-7(5-10(9)15)17-11(20)12(21)18-8-3-4-19(6-8)13(16)22/h1-2,5,8H,3-4,6H2,(H2,16,22)(H,17,20)(H,18,21). The number of nitrogens with zero attached hydrogens (tertiary/aromatic N) is 1. The van der Waals surface area contributed by atoms with Gasteiger partial charge in [-0.2, -0.15) is 0 Å². The summed E-state index contributed by atoms with van der Waals surface area (Å²) >= 11 is 5.52. The molecule has 1 aliphatic rings. The summed E-state index contributed by atoms with van der Waals surface area (Å²) in [6.45, 7) is 0.675. The lowest BCUT2D eigenvalue weighted by molar-refractivity contribution is -0.136. The minimum absolute atomic E-state index is 0.0834. The predicted octanol–water partition coefficient (Wildman–Crippen LogP) is 0.687. The van der Waals surface area contributed by atoms with Crippen molar-refractivity contribution in [1.82, 2.24) is 10.2 Å². The van der Waals surface area contributed by atoms with E-state index in [9.17, 15) is 18.8 Å². The highest BCUT2D eigenvalue weighted by atomic mass is 35.5. The van der Waals surface area contributed by atoms with Gasteiger partial charge in [0.1, 0.15) is 5.82 Å². The third-order valence-corrected chi connectivity index (χ3v) is 3.53. The van der Waals surface area contributed by atoms with Crippen molar-refractivity contribution < 1.29 is 18.8 Å². The maximum Gasteiger partial charge on any atom is 0.314 e. The Morgan fingerprint density at radius 2 is 2.05 bits per heavy atom. The van der Waals surface area contributed by atoms with E-state index in [1.807, 2.05) is 0 Å². The van der Waals surface area contributed by atoms with Crippen LogP contribution in [0.3, 0.4) is 0 Å². The Labute approximate surface area is 130 Å². The van der Waals surface area contributed by atoms with Crippen LogP contribution in [0.5, 0.6) is 0 Å². The molecule has 2 rings (SSSR count). The molecule has 0 radical (unpaired) electrons. The van der Waals surface area contributed by atoms with Gasteiger partial charge >= 0.3 is 17.8 Å². The van der Waals surface area contributed by atoms with Crippen molar-refractivity contribution in [3.63, 3.8) is 0 Å². The molecule has 4 amide bonds. The number of carbonyl (C=O) groups excluding carboxylic acids is 3. The average molecular weight is 329 g/mol. The molecule has 1 atom stereocenters. The van der Waals surface area contributed by atoms with Gasteiger partial charge in [0.15, 0.2) is 0 Å². The molecule has 0 aliphatic carbocycles. The van der Waals surface area contributed by atoms with Crippen LogP contribution in [-0.4, -0.2) is 41.9 Å². The minimum atomic E-state index is -0.931. The molecule has 118 valence electrons. The second-order valence-electron chi connectivity index (χ2n) is 4.83.